The van der Waals surface area contributed by atoms with Crippen LogP contribution in [0.2, 0.25) is 5.15 Å². The van der Waals surface area contributed by atoms with Gasteiger partial charge in [-0.15, -0.1) is 0 Å². The lowest BCUT2D eigenvalue weighted by molar-refractivity contribution is 0.0610. The Hall–Kier alpha value is -0.0600. The first kappa shape index (κ1) is 10.5. The second-order valence-electron chi connectivity index (χ2n) is 3.54. The Kier molecular flexibility index (Phi) is 3.47. The zero-order valence-electron chi connectivity index (χ0n) is 7.75. The van der Waals surface area contributed by atoms with Crippen LogP contribution in [0.5, 0.6) is 0 Å². The van der Waals surface area contributed by atoms with Crippen molar-refractivity contribution in [2.75, 3.05) is 13.2 Å². The van der Waals surface area contributed by atoms with Gasteiger partial charge in [0.1, 0.15) is 5.15 Å². The van der Waals surface area contributed by atoms with Crippen LogP contribution in [0.3, 0.4) is 0 Å². The normalized spacial score (nSPS) is 18.7. The van der Waals surface area contributed by atoms with E-state index in [4.69, 9.17) is 16.3 Å². The molecular formula is C9H12BrClN2O. The predicted octanol–water partition coefficient (Wildman–Crippen LogP) is 2.73. The highest BCUT2D eigenvalue weighted by atomic mass is 79.9. The van der Waals surface area contributed by atoms with Gasteiger partial charge in [-0.05, 0) is 34.7 Å². The molecule has 0 aromatic carbocycles. The predicted molar refractivity (Wildman–Crippen MR) is 58.5 cm³/mol. The Morgan fingerprint density at radius 3 is 2.86 bits per heavy atom. The van der Waals surface area contributed by atoms with Crippen LogP contribution in [-0.4, -0.2) is 22.8 Å². The molecule has 0 atom stereocenters. The molecule has 1 aromatic heterocycles. The molecule has 0 aliphatic carbocycles. The standard InChI is InChI=1S/C9H12BrClN2O/c10-9-12-8(11)6-13(9)5-7-1-3-14-4-2-7/h6-7H,1-5H2. The van der Waals surface area contributed by atoms with Gasteiger partial charge in [-0.1, -0.05) is 11.6 Å². The SMILES string of the molecule is Clc1cn(CC2CCOCC2)c(Br)n1. The summed E-state index contributed by atoms with van der Waals surface area (Å²) in [5, 5.41) is 0.545. The van der Waals surface area contributed by atoms with Crippen molar-refractivity contribution in [1.29, 1.82) is 0 Å². The Bertz CT molecular complexity index is 310. The molecule has 2 heterocycles. The fraction of sp³-hybridized carbons (Fsp3) is 0.667. The first-order valence-corrected chi connectivity index (χ1v) is 5.88. The van der Waals surface area contributed by atoms with Crippen LogP contribution in [0, 0.1) is 5.92 Å². The number of halogens is 2. The number of ether oxygens (including phenoxy) is 1. The van der Waals surface area contributed by atoms with Crippen LogP contribution in [0.25, 0.3) is 0 Å². The number of nitrogens with zero attached hydrogens (tertiary/aromatic N) is 2. The number of imidazole rings is 1. The third-order valence-corrected chi connectivity index (χ3v) is 3.31. The zero-order chi connectivity index (χ0) is 9.97. The van der Waals surface area contributed by atoms with Gasteiger partial charge in [0.15, 0.2) is 4.73 Å². The van der Waals surface area contributed by atoms with Crippen molar-refractivity contribution in [2.45, 2.75) is 19.4 Å². The third-order valence-electron chi connectivity index (χ3n) is 2.49. The van der Waals surface area contributed by atoms with Gasteiger partial charge in [-0.3, -0.25) is 0 Å². The summed E-state index contributed by atoms with van der Waals surface area (Å²) in [5.74, 6) is 0.685. The van der Waals surface area contributed by atoms with Gasteiger partial charge in [0.05, 0.1) is 0 Å². The number of hydrogen-bond acceptors (Lipinski definition) is 2. The van der Waals surface area contributed by atoms with E-state index in [-0.39, 0.29) is 0 Å². The first-order chi connectivity index (χ1) is 6.75. The van der Waals surface area contributed by atoms with Crippen molar-refractivity contribution in [2.24, 2.45) is 5.92 Å². The smallest absolute Gasteiger partial charge is 0.178 e. The van der Waals surface area contributed by atoms with Crippen molar-refractivity contribution in [1.82, 2.24) is 9.55 Å². The molecule has 0 saturated carbocycles. The lowest BCUT2D eigenvalue weighted by atomic mass is 10.0. The second kappa shape index (κ2) is 4.64. The summed E-state index contributed by atoms with van der Waals surface area (Å²) >= 11 is 9.18. The molecular weight excluding hydrogens is 267 g/mol. The molecule has 1 aromatic rings. The van der Waals surface area contributed by atoms with E-state index in [1.54, 1.807) is 0 Å². The minimum absolute atomic E-state index is 0.545. The van der Waals surface area contributed by atoms with Gasteiger partial charge in [-0.25, -0.2) is 4.98 Å². The van der Waals surface area contributed by atoms with E-state index in [0.29, 0.717) is 11.1 Å². The summed E-state index contributed by atoms with van der Waals surface area (Å²) in [5.41, 5.74) is 0. The van der Waals surface area contributed by atoms with Crippen molar-refractivity contribution < 1.29 is 4.74 Å². The summed E-state index contributed by atoms with van der Waals surface area (Å²) in [4.78, 5) is 4.09. The quantitative estimate of drug-likeness (QED) is 0.832. The summed E-state index contributed by atoms with van der Waals surface area (Å²) in [6, 6.07) is 0. The Morgan fingerprint density at radius 2 is 2.29 bits per heavy atom. The molecule has 78 valence electrons. The molecule has 1 aliphatic rings. The van der Waals surface area contributed by atoms with E-state index in [9.17, 15) is 0 Å². The highest BCUT2D eigenvalue weighted by molar-refractivity contribution is 9.10. The Balaban J connectivity index is 1.98. The van der Waals surface area contributed by atoms with Gasteiger partial charge in [-0.2, -0.15) is 0 Å². The first-order valence-electron chi connectivity index (χ1n) is 4.71. The fourth-order valence-corrected chi connectivity index (χ4v) is 2.44. The van der Waals surface area contributed by atoms with E-state index in [2.05, 4.69) is 25.5 Å². The number of rotatable bonds is 2. The van der Waals surface area contributed by atoms with Gasteiger partial charge in [0, 0.05) is 26.0 Å². The van der Waals surface area contributed by atoms with Crippen LogP contribution < -0.4 is 0 Å². The van der Waals surface area contributed by atoms with Crippen molar-refractivity contribution in [3.05, 3.63) is 16.1 Å². The Labute approximate surface area is 96.5 Å². The molecule has 14 heavy (non-hydrogen) atoms. The van der Waals surface area contributed by atoms with Crippen LogP contribution in [0.15, 0.2) is 10.9 Å². The third kappa shape index (κ3) is 2.49. The molecule has 1 fully saturated rings. The summed E-state index contributed by atoms with van der Waals surface area (Å²) in [7, 11) is 0. The van der Waals surface area contributed by atoms with E-state index in [1.165, 1.54) is 0 Å². The summed E-state index contributed by atoms with van der Waals surface area (Å²) in [6.07, 6.45) is 4.12. The maximum Gasteiger partial charge on any atom is 0.178 e. The maximum absolute atomic E-state index is 5.80. The maximum atomic E-state index is 5.80. The molecule has 0 bridgehead atoms. The molecule has 3 nitrogen and oxygen atoms in total. The molecule has 0 unspecified atom stereocenters. The lowest BCUT2D eigenvalue weighted by Crippen LogP contribution is -2.20. The van der Waals surface area contributed by atoms with Crippen LogP contribution >= 0.6 is 27.5 Å². The lowest BCUT2D eigenvalue weighted by Gasteiger charge is -2.22. The van der Waals surface area contributed by atoms with Gasteiger partial charge in [0.25, 0.3) is 0 Å². The van der Waals surface area contributed by atoms with Crippen molar-refractivity contribution in [3.8, 4) is 0 Å². The van der Waals surface area contributed by atoms with Gasteiger partial charge < -0.3 is 9.30 Å². The van der Waals surface area contributed by atoms with Crippen LogP contribution in [0.4, 0.5) is 0 Å². The van der Waals surface area contributed by atoms with Crippen LogP contribution in [-0.2, 0) is 11.3 Å². The van der Waals surface area contributed by atoms with E-state index < -0.39 is 0 Å². The number of hydrogen-bond donors (Lipinski definition) is 0. The van der Waals surface area contributed by atoms with Gasteiger partial charge >= 0.3 is 0 Å². The zero-order valence-corrected chi connectivity index (χ0v) is 10.1. The largest absolute Gasteiger partial charge is 0.381 e. The van der Waals surface area contributed by atoms with Crippen molar-refractivity contribution >= 4 is 27.5 Å². The highest BCUT2D eigenvalue weighted by Crippen LogP contribution is 2.21. The molecule has 0 amide bonds. The second-order valence-corrected chi connectivity index (χ2v) is 4.64. The van der Waals surface area contributed by atoms with E-state index in [1.807, 2.05) is 6.20 Å². The molecule has 5 heteroatoms. The van der Waals surface area contributed by atoms with Crippen molar-refractivity contribution in [3.63, 3.8) is 0 Å². The molecule has 0 spiro atoms. The molecule has 0 N–H and O–H groups in total. The monoisotopic (exact) mass is 278 g/mol. The molecule has 2 rings (SSSR count). The topological polar surface area (TPSA) is 27.1 Å². The van der Waals surface area contributed by atoms with Gasteiger partial charge in [0.2, 0.25) is 0 Å². The molecule has 1 aliphatic heterocycles. The molecule has 0 radical (unpaired) electrons. The highest BCUT2D eigenvalue weighted by Gasteiger charge is 2.15. The van der Waals surface area contributed by atoms with E-state index >= 15 is 0 Å². The number of aromatic nitrogens is 2. The van der Waals surface area contributed by atoms with E-state index in [0.717, 1.165) is 37.3 Å². The Morgan fingerprint density at radius 1 is 1.57 bits per heavy atom. The summed E-state index contributed by atoms with van der Waals surface area (Å²) in [6.45, 7) is 2.74. The minimum Gasteiger partial charge on any atom is -0.381 e. The fourth-order valence-electron chi connectivity index (χ4n) is 1.70. The summed E-state index contributed by atoms with van der Waals surface area (Å²) < 4.78 is 8.18. The minimum atomic E-state index is 0.545. The van der Waals surface area contributed by atoms with Crippen LogP contribution in [0.1, 0.15) is 12.8 Å². The average Bonchev–Trinajstić information content (AvgIpc) is 2.47. The molecule has 1 saturated heterocycles. The average molecular weight is 280 g/mol.